The lowest BCUT2D eigenvalue weighted by Crippen LogP contribution is -2.58. The molecule has 5 heterocycles. The number of hydrogen-bond acceptors (Lipinski definition) is 5. The summed E-state index contributed by atoms with van der Waals surface area (Å²) in [6.45, 7) is 3.66. The third-order valence-electron chi connectivity index (χ3n) is 8.71. The molecule has 2 unspecified atom stereocenters. The second-order valence-electron chi connectivity index (χ2n) is 11.3. The summed E-state index contributed by atoms with van der Waals surface area (Å²) in [5.74, 6) is 0.866. The summed E-state index contributed by atoms with van der Waals surface area (Å²) in [6.07, 6.45) is 3.47. The van der Waals surface area contributed by atoms with E-state index in [1.54, 1.807) is 11.6 Å². The third-order valence-corrected chi connectivity index (χ3v) is 8.71. The van der Waals surface area contributed by atoms with Gasteiger partial charge in [-0.15, -0.1) is 0 Å². The Hall–Kier alpha value is -4.93. The average Bonchev–Trinajstić information content (AvgIpc) is 3.66. The average molecular weight is 565 g/mol. The predicted molar refractivity (Wildman–Crippen MR) is 157 cm³/mol. The Morgan fingerprint density at radius 3 is 2.55 bits per heavy atom. The van der Waals surface area contributed by atoms with Gasteiger partial charge in [-0.3, -0.25) is 14.2 Å². The molecule has 0 aliphatic carbocycles. The molecule has 5 aromatic rings. The maximum absolute atomic E-state index is 12.4. The molecule has 3 aromatic heterocycles. The van der Waals surface area contributed by atoms with Crippen LogP contribution in [0.25, 0.3) is 33.4 Å². The zero-order chi connectivity index (χ0) is 29.1. The van der Waals surface area contributed by atoms with Gasteiger partial charge < -0.3 is 19.5 Å². The van der Waals surface area contributed by atoms with Crippen LogP contribution in [-0.4, -0.2) is 75.2 Å². The number of imidazole rings is 1. The summed E-state index contributed by atoms with van der Waals surface area (Å²) >= 11 is 0. The van der Waals surface area contributed by atoms with Crippen LogP contribution in [0.2, 0.25) is 0 Å². The molecule has 0 bridgehead atoms. The van der Waals surface area contributed by atoms with E-state index >= 15 is 0 Å². The van der Waals surface area contributed by atoms with Gasteiger partial charge in [-0.25, -0.2) is 9.78 Å². The molecule has 2 amide bonds. The largest absolute Gasteiger partial charge is 0.465 e. The Bertz CT molecular complexity index is 1840. The van der Waals surface area contributed by atoms with Gasteiger partial charge in [-0.1, -0.05) is 36.4 Å². The van der Waals surface area contributed by atoms with Gasteiger partial charge in [-0.05, 0) is 24.1 Å². The van der Waals surface area contributed by atoms with Crippen LogP contribution < -0.4 is 0 Å². The quantitative estimate of drug-likeness (QED) is 0.347. The Balaban J connectivity index is 1.34. The van der Waals surface area contributed by atoms with E-state index in [2.05, 4.69) is 27.9 Å². The molecule has 2 aliphatic heterocycles. The lowest BCUT2D eigenvalue weighted by Gasteiger charge is -2.46. The van der Waals surface area contributed by atoms with E-state index in [4.69, 9.17) is 10.1 Å². The van der Waals surface area contributed by atoms with E-state index in [1.165, 1.54) is 4.90 Å². The zero-order valence-corrected chi connectivity index (χ0v) is 23.8. The molecule has 1 saturated heterocycles. The number of carbonyl (C=O) groups excluding carboxylic acids is 1. The van der Waals surface area contributed by atoms with E-state index in [0.29, 0.717) is 32.6 Å². The van der Waals surface area contributed by atoms with Crippen molar-refractivity contribution >= 4 is 22.9 Å². The number of aryl methyl sites for hydroxylation is 2. The van der Waals surface area contributed by atoms with Crippen molar-refractivity contribution in [3.8, 4) is 22.5 Å². The fourth-order valence-corrected chi connectivity index (χ4v) is 6.48. The van der Waals surface area contributed by atoms with Crippen molar-refractivity contribution in [3.63, 3.8) is 0 Å². The zero-order valence-electron chi connectivity index (χ0n) is 23.8. The van der Waals surface area contributed by atoms with Gasteiger partial charge >= 0.3 is 6.09 Å². The highest BCUT2D eigenvalue weighted by molar-refractivity contribution is 5.96. The molecule has 214 valence electrons. The highest BCUT2D eigenvalue weighted by Gasteiger charge is 2.46. The first-order valence-electron chi connectivity index (χ1n) is 14.1. The van der Waals surface area contributed by atoms with Crippen LogP contribution >= 0.6 is 0 Å². The van der Waals surface area contributed by atoms with Crippen LogP contribution in [-0.2, 0) is 38.4 Å². The van der Waals surface area contributed by atoms with Crippen LogP contribution in [0.5, 0.6) is 0 Å². The van der Waals surface area contributed by atoms with Crippen molar-refractivity contribution < 1.29 is 14.7 Å². The SMILES string of the molecule is CC(=O)N1CCn2c(C3CN(C(=O)O)C3Cc3ccccc3)nc(-c3ccc4c(c3)c(-c3cnn(C)c3)nn4C)c2C1. The van der Waals surface area contributed by atoms with E-state index in [9.17, 15) is 14.7 Å². The van der Waals surface area contributed by atoms with Gasteiger partial charge in [0.15, 0.2) is 0 Å². The van der Waals surface area contributed by atoms with E-state index in [0.717, 1.165) is 50.5 Å². The molecule has 0 radical (unpaired) electrons. The molecule has 11 nitrogen and oxygen atoms in total. The summed E-state index contributed by atoms with van der Waals surface area (Å²) in [5, 5.41) is 20.0. The Morgan fingerprint density at radius 2 is 1.83 bits per heavy atom. The minimum absolute atomic E-state index is 0.0270. The molecule has 2 atom stereocenters. The molecular formula is C31H32N8O3. The minimum Gasteiger partial charge on any atom is -0.465 e. The number of carboxylic acid groups (broad SMARTS) is 1. The highest BCUT2D eigenvalue weighted by atomic mass is 16.4. The van der Waals surface area contributed by atoms with Gasteiger partial charge in [0.2, 0.25) is 5.91 Å². The topological polar surface area (TPSA) is 114 Å². The normalized spacial score (nSPS) is 18.3. The molecule has 0 spiro atoms. The number of rotatable bonds is 5. The number of nitrogens with zero attached hydrogens (tertiary/aromatic N) is 8. The van der Waals surface area contributed by atoms with Gasteiger partial charge in [0.1, 0.15) is 11.5 Å². The van der Waals surface area contributed by atoms with Gasteiger partial charge in [-0.2, -0.15) is 10.2 Å². The van der Waals surface area contributed by atoms with Crippen molar-refractivity contribution in [2.24, 2.45) is 14.1 Å². The van der Waals surface area contributed by atoms with Crippen LogP contribution in [0.1, 0.15) is 29.9 Å². The van der Waals surface area contributed by atoms with Crippen LogP contribution in [0.4, 0.5) is 4.79 Å². The number of benzene rings is 2. The Kier molecular flexibility index (Phi) is 6.10. The maximum atomic E-state index is 12.4. The molecule has 42 heavy (non-hydrogen) atoms. The molecule has 0 saturated carbocycles. The Labute approximate surface area is 242 Å². The van der Waals surface area contributed by atoms with E-state index < -0.39 is 6.09 Å². The molecule has 2 aliphatic rings. The number of aromatic nitrogens is 6. The second kappa shape index (κ2) is 9.86. The molecule has 2 aromatic carbocycles. The molecule has 7 rings (SSSR count). The summed E-state index contributed by atoms with van der Waals surface area (Å²) < 4.78 is 5.86. The standard InChI is InChI=1S/C31H32N8O3/c1-19(40)37-11-12-38-27(18-37)29(21-9-10-25-23(14-21)28(34-36(25)3)22-15-32-35(2)16-22)33-30(38)24-17-39(31(41)42)26(24)13-20-7-5-4-6-8-20/h4-10,14-16,24,26H,11-13,17-18H2,1-3H3,(H,41,42). The van der Waals surface area contributed by atoms with Crippen LogP contribution in [0.15, 0.2) is 60.9 Å². The van der Waals surface area contributed by atoms with Gasteiger partial charge in [0, 0.05) is 63.4 Å². The molecule has 11 heteroatoms. The molecule has 1 fully saturated rings. The third kappa shape index (κ3) is 4.23. The number of fused-ring (bicyclic) bond motifs is 2. The first kappa shape index (κ1) is 26.0. The van der Waals surface area contributed by atoms with Crippen molar-refractivity contribution in [3.05, 3.63) is 78.0 Å². The number of carbonyl (C=O) groups is 2. The maximum Gasteiger partial charge on any atom is 0.407 e. The summed E-state index contributed by atoms with van der Waals surface area (Å²) in [4.78, 5) is 33.1. The second-order valence-corrected chi connectivity index (χ2v) is 11.3. The monoisotopic (exact) mass is 564 g/mol. The fourth-order valence-electron chi connectivity index (χ4n) is 6.48. The van der Waals surface area contributed by atoms with Gasteiger partial charge in [0.25, 0.3) is 0 Å². The number of amides is 2. The molecule has 1 N–H and O–H groups in total. The van der Waals surface area contributed by atoms with Gasteiger partial charge in [0.05, 0.1) is 41.6 Å². The summed E-state index contributed by atoms with van der Waals surface area (Å²) in [5.41, 5.74) is 6.61. The lowest BCUT2D eigenvalue weighted by molar-refractivity contribution is -0.130. The van der Waals surface area contributed by atoms with Crippen molar-refractivity contribution in [1.29, 1.82) is 0 Å². The minimum atomic E-state index is -0.912. The Morgan fingerprint density at radius 1 is 1.02 bits per heavy atom. The summed E-state index contributed by atoms with van der Waals surface area (Å²) in [7, 11) is 3.82. The first-order valence-corrected chi connectivity index (χ1v) is 14.1. The van der Waals surface area contributed by atoms with E-state index in [-0.39, 0.29) is 17.9 Å². The summed E-state index contributed by atoms with van der Waals surface area (Å²) in [6, 6.07) is 16.0. The molecular weight excluding hydrogens is 532 g/mol. The fraction of sp³-hybridized carbons (Fsp3) is 0.323. The lowest BCUT2D eigenvalue weighted by atomic mass is 9.83. The smallest absolute Gasteiger partial charge is 0.407 e. The number of likely N-dealkylation sites (tertiary alicyclic amines) is 1. The van der Waals surface area contributed by atoms with Crippen molar-refractivity contribution in [2.75, 3.05) is 13.1 Å². The van der Waals surface area contributed by atoms with Crippen molar-refractivity contribution in [1.82, 2.24) is 38.9 Å². The van der Waals surface area contributed by atoms with Crippen molar-refractivity contribution in [2.45, 2.75) is 38.4 Å². The highest BCUT2D eigenvalue weighted by Crippen LogP contribution is 2.40. The van der Waals surface area contributed by atoms with Crippen LogP contribution in [0, 0.1) is 0 Å². The predicted octanol–water partition coefficient (Wildman–Crippen LogP) is 3.89. The van der Waals surface area contributed by atoms with E-state index in [1.807, 2.05) is 66.4 Å². The number of hydrogen-bond donors (Lipinski definition) is 1. The van der Waals surface area contributed by atoms with Crippen LogP contribution in [0.3, 0.4) is 0 Å². The first-order chi connectivity index (χ1) is 20.3.